The summed E-state index contributed by atoms with van der Waals surface area (Å²) in [6.45, 7) is 3.43. The highest BCUT2D eigenvalue weighted by atomic mass is 32.2. The summed E-state index contributed by atoms with van der Waals surface area (Å²) in [5.74, 6) is 0.264. The molecule has 2 heterocycles. The smallest absolute Gasteiger partial charge is 0.260 e. The molecule has 0 aliphatic rings. The second kappa shape index (κ2) is 9.09. The van der Waals surface area contributed by atoms with Gasteiger partial charge >= 0.3 is 0 Å². The minimum absolute atomic E-state index is 0.130. The molecule has 9 heteroatoms. The Bertz CT molecular complexity index is 1360. The van der Waals surface area contributed by atoms with Crippen LogP contribution in [0.2, 0.25) is 0 Å². The molecule has 0 atom stereocenters. The van der Waals surface area contributed by atoms with Crippen molar-refractivity contribution >= 4 is 54.2 Å². The number of thioether (sulfide) groups is 1. The zero-order valence-corrected chi connectivity index (χ0v) is 20.3. The van der Waals surface area contributed by atoms with Crippen LogP contribution in [0.1, 0.15) is 30.0 Å². The summed E-state index contributed by atoms with van der Waals surface area (Å²) < 4.78 is 31.7. The lowest BCUT2D eigenvalue weighted by atomic mass is 10.2. The molecule has 0 saturated heterocycles. The van der Waals surface area contributed by atoms with Gasteiger partial charge in [-0.2, -0.15) is 0 Å². The average Bonchev–Trinajstić information content (AvgIpc) is 3.46. The average molecular weight is 487 g/mol. The van der Waals surface area contributed by atoms with Gasteiger partial charge in [-0.25, -0.2) is 13.4 Å². The first-order valence-corrected chi connectivity index (χ1v) is 13.5. The summed E-state index contributed by atoms with van der Waals surface area (Å²) >= 11 is 3.01. The molecule has 4 aromatic rings. The maximum atomic E-state index is 13.6. The van der Waals surface area contributed by atoms with Crippen LogP contribution in [0.5, 0.6) is 0 Å². The number of aromatic nitrogens is 1. The number of amides is 1. The Kier molecular flexibility index (Phi) is 6.41. The quantitative estimate of drug-likeness (QED) is 0.315. The molecule has 0 spiro atoms. The van der Waals surface area contributed by atoms with Gasteiger partial charge in [0.25, 0.3) is 5.91 Å². The molecule has 2 aromatic carbocycles. The molecular weight excluding hydrogens is 464 g/mol. The van der Waals surface area contributed by atoms with Crippen molar-refractivity contribution in [2.75, 3.05) is 11.2 Å². The number of furan rings is 1. The van der Waals surface area contributed by atoms with Gasteiger partial charge in [0.05, 0.1) is 33.2 Å². The Morgan fingerprint density at radius 2 is 1.94 bits per heavy atom. The molecule has 0 aliphatic carbocycles. The Morgan fingerprint density at radius 3 is 2.62 bits per heavy atom. The van der Waals surface area contributed by atoms with Gasteiger partial charge in [0.1, 0.15) is 5.76 Å². The minimum Gasteiger partial charge on any atom is -0.467 e. The number of hydrogen-bond donors (Lipinski definition) is 0. The van der Waals surface area contributed by atoms with Gasteiger partial charge in [-0.1, -0.05) is 23.5 Å². The van der Waals surface area contributed by atoms with Crippen LogP contribution in [0.15, 0.2) is 75.1 Å². The van der Waals surface area contributed by atoms with Crippen LogP contribution in [0.4, 0.5) is 5.13 Å². The Labute approximate surface area is 195 Å². The summed E-state index contributed by atoms with van der Waals surface area (Å²) in [5, 5.41) is -0.0543. The number of hydrogen-bond acceptors (Lipinski definition) is 7. The molecule has 32 heavy (non-hydrogen) atoms. The van der Waals surface area contributed by atoms with Crippen molar-refractivity contribution in [2.24, 2.45) is 0 Å². The standard InChI is InChI=1S/C23H22N2O4S3/c1-15(2)32(27,28)18-9-4-7-16(13-18)22(26)25(14-17-8-6-12-29-17)23-24-21-19(30-3)10-5-11-20(21)31-23/h4-13,15H,14H2,1-3H3. The van der Waals surface area contributed by atoms with Crippen molar-refractivity contribution in [3.63, 3.8) is 0 Å². The van der Waals surface area contributed by atoms with Crippen LogP contribution >= 0.6 is 23.1 Å². The second-order valence-corrected chi connectivity index (χ2v) is 11.8. The van der Waals surface area contributed by atoms with E-state index in [0.29, 0.717) is 10.9 Å². The SMILES string of the molecule is CSc1cccc2sc(N(Cc3ccco3)C(=O)c3cccc(S(=O)(=O)C(C)C)c3)nc12. The van der Waals surface area contributed by atoms with Gasteiger partial charge in [0.2, 0.25) is 0 Å². The molecule has 0 fully saturated rings. The number of thiazole rings is 1. The predicted octanol–water partition coefficient (Wildman–Crippen LogP) is 5.64. The molecule has 166 valence electrons. The van der Waals surface area contributed by atoms with Gasteiger partial charge < -0.3 is 4.42 Å². The van der Waals surface area contributed by atoms with Crippen molar-refractivity contribution in [3.8, 4) is 0 Å². The van der Waals surface area contributed by atoms with E-state index in [1.54, 1.807) is 56.1 Å². The molecular formula is C23H22N2O4S3. The molecule has 4 rings (SSSR count). The number of carbonyl (C=O) groups is 1. The highest BCUT2D eigenvalue weighted by molar-refractivity contribution is 7.98. The van der Waals surface area contributed by atoms with E-state index in [1.807, 2.05) is 24.5 Å². The van der Waals surface area contributed by atoms with E-state index in [0.717, 1.165) is 15.1 Å². The fourth-order valence-corrected chi connectivity index (χ4v) is 5.93. The van der Waals surface area contributed by atoms with E-state index >= 15 is 0 Å². The van der Waals surface area contributed by atoms with Crippen molar-refractivity contribution in [1.29, 1.82) is 0 Å². The molecule has 0 bridgehead atoms. The van der Waals surface area contributed by atoms with Crippen LogP contribution in [-0.4, -0.2) is 30.8 Å². The highest BCUT2D eigenvalue weighted by Crippen LogP contribution is 2.35. The summed E-state index contributed by atoms with van der Waals surface area (Å²) in [7, 11) is -3.51. The third kappa shape index (κ3) is 4.32. The Morgan fingerprint density at radius 1 is 1.16 bits per heavy atom. The monoisotopic (exact) mass is 486 g/mol. The van der Waals surface area contributed by atoms with Crippen LogP contribution in [0, 0.1) is 0 Å². The number of nitrogens with zero attached hydrogens (tertiary/aromatic N) is 2. The summed E-state index contributed by atoms with van der Waals surface area (Å²) in [5.41, 5.74) is 1.12. The van der Waals surface area contributed by atoms with Crippen molar-refractivity contribution < 1.29 is 17.6 Å². The topological polar surface area (TPSA) is 80.5 Å². The van der Waals surface area contributed by atoms with Gasteiger partial charge in [-0.05, 0) is 62.6 Å². The van der Waals surface area contributed by atoms with Crippen LogP contribution in [0.25, 0.3) is 10.2 Å². The van der Waals surface area contributed by atoms with E-state index in [9.17, 15) is 13.2 Å². The second-order valence-electron chi connectivity index (χ2n) is 7.40. The fourth-order valence-electron chi connectivity index (χ4n) is 3.21. The fraction of sp³-hybridized carbons (Fsp3) is 0.217. The number of fused-ring (bicyclic) bond motifs is 1. The van der Waals surface area contributed by atoms with Gasteiger partial charge in [-0.3, -0.25) is 9.69 Å². The first-order valence-electron chi connectivity index (χ1n) is 9.93. The highest BCUT2D eigenvalue weighted by Gasteiger charge is 2.26. The molecule has 2 aromatic heterocycles. The number of sulfone groups is 1. The Hall–Kier alpha value is -2.62. The molecule has 0 aliphatic heterocycles. The first-order chi connectivity index (χ1) is 15.3. The number of carbonyl (C=O) groups excluding carboxylic acids is 1. The van der Waals surface area contributed by atoms with E-state index < -0.39 is 15.1 Å². The van der Waals surface area contributed by atoms with Gasteiger partial charge in [0.15, 0.2) is 15.0 Å². The van der Waals surface area contributed by atoms with Crippen molar-refractivity contribution in [3.05, 3.63) is 72.2 Å². The zero-order valence-electron chi connectivity index (χ0n) is 17.8. The zero-order chi connectivity index (χ0) is 22.9. The van der Waals surface area contributed by atoms with E-state index in [2.05, 4.69) is 0 Å². The van der Waals surface area contributed by atoms with Crippen molar-refractivity contribution in [2.45, 2.75) is 35.4 Å². The maximum absolute atomic E-state index is 13.6. The lowest BCUT2D eigenvalue weighted by Gasteiger charge is -2.19. The number of anilines is 1. The van der Waals surface area contributed by atoms with Crippen molar-refractivity contribution in [1.82, 2.24) is 4.98 Å². The minimum atomic E-state index is -3.51. The van der Waals surface area contributed by atoms with Crippen LogP contribution in [-0.2, 0) is 16.4 Å². The lowest BCUT2D eigenvalue weighted by molar-refractivity contribution is 0.0983. The molecule has 0 unspecified atom stereocenters. The summed E-state index contributed by atoms with van der Waals surface area (Å²) in [6, 6.07) is 15.7. The predicted molar refractivity (Wildman–Crippen MR) is 129 cm³/mol. The lowest BCUT2D eigenvalue weighted by Crippen LogP contribution is -2.30. The molecule has 0 saturated carbocycles. The molecule has 1 amide bonds. The molecule has 6 nitrogen and oxygen atoms in total. The van der Waals surface area contributed by atoms with Crippen LogP contribution < -0.4 is 4.90 Å². The van der Waals surface area contributed by atoms with E-state index in [4.69, 9.17) is 9.40 Å². The third-order valence-electron chi connectivity index (χ3n) is 4.99. The largest absolute Gasteiger partial charge is 0.467 e. The van der Waals surface area contributed by atoms with E-state index in [1.165, 1.54) is 28.4 Å². The Balaban J connectivity index is 1.79. The normalized spacial score (nSPS) is 11.9. The number of rotatable bonds is 7. The van der Waals surface area contributed by atoms with Crippen LogP contribution in [0.3, 0.4) is 0 Å². The maximum Gasteiger partial charge on any atom is 0.260 e. The molecule has 0 radical (unpaired) electrons. The van der Waals surface area contributed by atoms with Gasteiger partial charge in [0, 0.05) is 10.5 Å². The summed E-state index contributed by atoms with van der Waals surface area (Å²) in [4.78, 5) is 21.1. The number of benzene rings is 2. The third-order valence-corrected chi connectivity index (χ3v) is 8.96. The van der Waals surface area contributed by atoms with Gasteiger partial charge in [-0.15, -0.1) is 11.8 Å². The first kappa shape index (κ1) is 22.6. The van der Waals surface area contributed by atoms with E-state index in [-0.39, 0.29) is 22.9 Å². The number of para-hydroxylation sites is 1. The summed E-state index contributed by atoms with van der Waals surface area (Å²) in [6.07, 6.45) is 3.54. The molecule has 0 N–H and O–H groups in total.